The molecule has 0 unspecified atom stereocenters. The molecule has 0 aliphatic rings. The second-order valence-corrected chi connectivity index (χ2v) is 8.08. The molecule has 10 heteroatoms. The summed E-state index contributed by atoms with van der Waals surface area (Å²) in [5.74, 6) is -4.57. The van der Waals surface area contributed by atoms with Crippen LogP contribution in [-0.4, -0.2) is 19.8 Å². The van der Waals surface area contributed by atoms with Gasteiger partial charge in [-0.1, -0.05) is 5.16 Å². The number of nitrogens with zero attached hydrogens (tertiary/aromatic N) is 1. The van der Waals surface area contributed by atoms with E-state index in [0.717, 1.165) is 6.07 Å². The van der Waals surface area contributed by atoms with E-state index in [0.29, 0.717) is 24.0 Å². The smallest absolute Gasteiger partial charge is 0.298 e. The zero-order chi connectivity index (χ0) is 20.8. The van der Waals surface area contributed by atoms with Gasteiger partial charge in [0.2, 0.25) is 5.76 Å². The summed E-state index contributed by atoms with van der Waals surface area (Å²) in [5, 5.41) is 3.51. The summed E-state index contributed by atoms with van der Waals surface area (Å²) in [6, 6.07) is 4.80. The molecule has 0 N–H and O–H groups in total. The molecule has 0 amide bonds. The maximum absolute atomic E-state index is 14.3. The zero-order valence-electron chi connectivity index (χ0n) is 14.4. The Labute approximate surface area is 156 Å². The van der Waals surface area contributed by atoms with Crippen molar-refractivity contribution < 1.29 is 34.9 Å². The highest BCUT2D eigenvalue weighted by Gasteiger charge is 2.29. The second-order valence-electron chi connectivity index (χ2n) is 6.13. The van der Waals surface area contributed by atoms with Gasteiger partial charge in [0.05, 0.1) is 5.56 Å². The van der Waals surface area contributed by atoms with E-state index in [4.69, 9.17) is 0 Å². The second kappa shape index (κ2) is 7.01. The van der Waals surface area contributed by atoms with Crippen molar-refractivity contribution in [3.8, 4) is 22.4 Å². The molecule has 0 saturated carbocycles. The van der Waals surface area contributed by atoms with Crippen molar-refractivity contribution in [3.63, 3.8) is 0 Å². The number of halogens is 5. The predicted octanol–water partition coefficient (Wildman–Crippen LogP) is 5.08. The molecule has 0 bridgehead atoms. The van der Waals surface area contributed by atoms with E-state index in [1.807, 2.05) is 0 Å². The van der Waals surface area contributed by atoms with Crippen LogP contribution in [-0.2, 0) is 9.84 Å². The van der Waals surface area contributed by atoms with Crippen molar-refractivity contribution in [3.05, 3.63) is 59.1 Å². The summed E-state index contributed by atoms with van der Waals surface area (Å²) < 4.78 is 96.8. The van der Waals surface area contributed by atoms with Crippen molar-refractivity contribution in [2.75, 3.05) is 6.26 Å². The molecule has 0 saturated heterocycles. The van der Waals surface area contributed by atoms with E-state index in [1.54, 1.807) is 6.92 Å². The number of hydrogen-bond donors (Lipinski definition) is 0. The van der Waals surface area contributed by atoms with Gasteiger partial charge in [-0.05, 0) is 48.4 Å². The number of benzene rings is 2. The van der Waals surface area contributed by atoms with E-state index in [9.17, 15) is 30.4 Å². The molecular formula is C18H12F5NO3S. The SMILES string of the molecule is Cc1cc(F)cc(-c2noc(C(F)F)c2-c2cc(F)c(S(C)(=O)=O)c(F)c2)c1. The average molecular weight is 417 g/mol. The van der Waals surface area contributed by atoms with Gasteiger partial charge < -0.3 is 4.52 Å². The molecule has 0 fully saturated rings. The molecule has 0 spiro atoms. The molecule has 28 heavy (non-hydrogen) atoms. The molecule has 0 aliphatic heterocycles. The predicted molar refractivity (Wildman–Crippen MR) is 90.1 cm³/mol. The Morgan fingerprint density at radius 2 is 1.57 bits per heavy atom. The Hall–Kier alpha value is -2.75. The molecule has 2 aromatic carbocycles. The van der Waals surface area contributed by atoms with Crippen LogP contribution in [0.1, 0.15) is 17.7 Å². The van der Waals surface area contributed by atoms with Gasteiger partial charge in [-0.2, -0.15) is 0 Å². The number of aryl methyl sites for hydroxylation is 1. The Bertz CT molecular complexity index is 1130. The first kappa shape index (κ1) is 20.0. The molecule has 148 valence electrons. The van der Waals surface area contributed by atoms with Gasteiger partial charge in [0.15, 0.2) is 9.84 Å². The van der Waals surface area contributed by atoms with Crippen molar-refractivity contribution in [1.82, 2.24) is 5.16 Å². The number of hydrogen-bond acceptors (Lipinski definition) is 4. The quantitative estimate of drug-likeness (QED) is 0.556. The van der Waals surface area contributed by atoms with E-state index in [1.165, 1.54) is 12.1 Å². The first-order chi connectivity index (χ1) is 13.0. The van der Waals surface area contributed by atoms with Crippen LogP contribution in [0.15, 0.2) is 39.8 Å². The van der Waals surface area contributed by atoms with Crippen LogP contribution in [0.3, 0.4) is 0 Å². The number of alkyl halides is 2. The Balaban J connectivity index is 2.31. The third-order valence-electron chi connectivity index (χ3n) is 3.89. The van der Waals surface area contributed by atoms with Crippen LogP contribution in [0.5, 0.6) is 0 Å². The monoisotopic (exact) mass is 417 g/mol. The van der Waals surface area contributed by atoms with Gasteiger partial charge in [0, 0.05) is 11.8 Å². The standard InChI is InChI=1S/C18H12F5NO3S/c1-8-3-10(5-11(19)4-8)15-14(16(18(22)23)27-24-15)9-6-12(20)17(13(21)7-9)28(2,25)26/h3-7,18H,1-2H3. The lowest BCUT2D eigenvalue weighted by atomic mass is 9.98. The van der Waals surface area contributed by atoms with Crippen LogP contribution in [0, 0.1) is 24.4 Å². The van der Waals surface area contributed by atoms with E-state index in [2.05, 4.69) is 9.68 Å². The molecule has 3 aromatic rings. The minimum Gasteiger partial charge on any atom is -0.354 e. The molecule has 4 nitrogen and oxygen atoms in total. The molecule has 0 aliphatic carbocycles. The third kappa shape index (κ3) is 3.64. The number of rotatable bonds is 4. The number of aromatic nitrogens is 1. The minimum absolute atomic E-state index is 0.0520. The maximum atomic E-state index is 14.3. The fraction of sp³-hybridized carbons (Fsp3) is 0.167. The van der Waals surface area contributed by atoms with Gasteiger partial charge in [-0.3, -0.25) is 0 Å². The van der Waals surface area contributed by atoms with Crippen LogP contribution >= 0.6 is 0 Å². The normalized spacial score (nSPS) is 12.0. The summed E-state index contributed by atoms with van der Waals surface area (Å²) in [7, 11) is -4.24. The average Bonchev–Trinajstić information content (AvgIpc) is 2.96. The van der Waals surface area contributed by atoms with Crippen LogP contribution in [0.2, 0.25) is 0 Å². The largest absolute Gasteiger partial charge is 0.354 e. The molecule has 0 radical (unpaired) electrons. The number of sulfone groups is 1. The van der Waals surface area contributed by atoms with Crippen molar-refractivity contribution in [1.29, 1.82) is 0 Å². The first-order valence-electron chi connectivity index (χ1n) is 7.73. The molecule has 1 heterocycles. The van der Waals surface area contributed by atoms with Gasteiger partial charge >= 0.3 is 0 Å². The summed E-state index contributed by atoms with van der Waals surface area (Å²) >= 11 is 0. The van der Waals surface area contributed by atoms with Gasteiger partial charge in [0.25, 0.3) is 6.43 Å². The lowest BCUT2D eigenvalue weighted by Gasteiger charge is -2.09. The fourth-order valence-corrected chi connectivity index (χ4v) is 3.69. The van der Waals surface area contributed by atoms with Crippen LogP contribution < -0.4 is 0 Å². The lowest BCUT2D eigenvalue weighted by Crippen LogP contribution is -2.05. The van der Waals surface area contributed by atoms with Crippen LogP contribution in [0.25, 0.3) is 22.4 Å². The Morgan fingerprint density at radius 3 is 2.07 bits per heavy atom. The molecule has 0 atom stereocenters. The van der Waals surface area contributed by atoms with Crippen molar-refractivity contribution in [2.24, 2.45) is 0 Å². The minimum atomic E-state index is -4.24. The van der Waals surface area contributed by atoms with E-state index >= 15 is 0 Å². The maximum Gasteiger partial charge on any atom is 0.298 e. The molecule has 1 aromatic heterocycles. The highest BCUT2D eigenvalue weighted by Crippen LogP contribution is 2.40. The summed E-state index contributed by atoms with van der Waals surface area (Å²) in [4.78, 5) is -1.19. The highest BCUT2D eigenvalue weighted by molar-refractivity contribution is 7.90. The van der Waals surface area contributed by atoms with Gasteiger partial charge in [-0.25, -0.2) is 30.4 Å². The van der Waals surface area contributed by atoms with Crippen molar-refractivity contribution >= 4 is 9.84 Å². The van der Waals surface area contributed by atoms with Gasteiger partial charge in [0.1, 0.15) is 28.0 Å². The van der Waals surface area contributed by atoms with Crippen LogP contribution in [0.4, 0.5) is 22.0 Å². The highest BCUT2D eigenvalue weighted by atomic mass is 32.2. The van der Waals surface area contributed by atoms with Crippen molar-refractivity contribution in [2.45, 2.75) is 18.2 Å². The van der Waals surface area contributed by atoms with E-state index < -0.39 is 55.5 Å². The zero-order valence-corrected chi connectivity index (χ0v) is 15.3. The molecule has 3 rings (SSSR count). The Morgan fingerprint density at radius 1 is 0.964 bits per heavy atom. The van der Waals surface area contributed by atoms with E-state index in [-0.39, 0.29) is 11.3 Å². The third-order valence-corrected chi connectivity index (χ3v) is 5.02. The first-order valence-corrected chi connectivity index (χ1v) is 9.63. The summed E-state index contributed by atoms with van der Waals surface area (Å²) in [5.41, 5.74) is -0.638. The topological polar surface area (TPSA) is 60.2 Å². The fourth-order valence-electron chi connectivity index (χ4n) is 2.86. The molecular weight excluding hydrogens is 405 g/mol. The lowest BCUT2D eigenvalue weighted by molar-refractivity contribution is 0.113. The Kier molecular flexibility index (Phi) is 5.00. The summed E-state index contributed by atoms with van der Waals surface area (Å²) in [6.45, 7) is 1.56. The van der Waals surface area contributed by atoms with Gasteiger partial charge in [-0.15, -0.1) is 0 Å². The summed E-state index contributed by atoms with van der Waals surface area (Å²) in [6.07, 6.45) is -2.58.